The molecule has 0 unspecified atom stereocenters. The standard InChI is InChI=1S/C24H23N7O/c1-24(2,3)9-22(32)28-16-6-14(11-26-12-16)19-8-17-21(13-27-19)30-31-23(17)20-7-15-10-25-5-4-18(15)29-20/h4-8,10-13,29H,9H2,1-3H3,(H,28,32)(H,30,31). The lowest BCUT2D eigenvalue weighted by atomic mass is 9.92. The van der Waals surface area contributed by atoms with E-state index >= 15 is 0 Å². The van der Waals surface area contributed by atoms with Crippen molar-refractivity contribution < 1.29 is 4.79 Å². The number of anilines is 1. The maximum Gasteiger partial charge on any atom is 0.224 e. The molecule has 0 aliphatic rings. The van der Waals surface area contributed by atoms with E-state index in [1.807, 2.05) is 51.2 Å². The van der Waals surface area contributed by atoms with Gasteiger partial charge in [0, 0.05) is 46.9 Å². The minimum atomic E-state index is -0.0852. The molecule has 0 spiro atoms. The predicted octanol–water partition coefficient (Wildman–Crippen LogP) is 4.94. The van der Waals surface area contributed by atoms with E-state index in [1.54, 1.807) is 24.8 Å². The monoisotopic (exact) mass is 425 g/mol. The lowest BCUT2D eigenvalue weighted by Crippen LogP contribution is -2.19. The molecule has 32 heavy (non-hydrogen) atoms. The van der Waals surface area contributed by atoms with Crippen molar-refractivity contribution in [3.05, 3.63) is 55.2 Å². The lowest BCUT2D eigenvalue weighted by molar-refractivity contribution is -0.117. The number of fused-ring (bicyclic) bond motifs is 2. The smallest absolute Gasteiger partial charge is 0.224 e. The van der Waals surface area contributed by atoms with Gasteiger partial charge < -0.3 is 10.3 Å². The fraction of sp³-hybridized carbons (Fsp3) is 0.208. The molecule has 5 aromatic rings. The first kappa shape index (κ1) is 19.9. The normalized spacial score (nSPS) is 11.8. The van der Waals surface area contributed by atoms with Crippen LogP contribution in [0.3, 0.4) is 0 Å². The number of H-pyrrole nitrogens is 2. The zero-order chi connectivity index (χ0) is 22.3. The molecule has 0 fully saturated rings. The first-order valence-electron chi connectivity index (χ1n) is 10.4. The molecule has 0 aliphatic carbocycles. The second-order valence-electron chi connectivity index (χ2n) is 9.08. The molecular weight excluding hydrogens is 402 g/mol. The lowest BCUT2D eigenvalue weighted by Gasteiger charge is -2.17. The molecule has 0 aromatic carbocycles. The number of nitrogens with zero attached hydrogens (tertiary/aromatic N) is 4. The zero-order valence-corrected chi connectivity index (χ0v) is 18.1. The number of nitrogens with one attached hydrogen (secondary N) is 3. The summed E-state index contributed by atoms with van der Waals surface area (Å²) in [6.45, 7) is 6.10. The van der Waals surface area contributed by atoms with Gasteiger partial charge in [0.1, 0.15) is 5.69 Å². The Bertz CT molecular complexity index is 1410. The summed E-state index contributed by atoms with van der Waals surface area (Å²) >= 11 is 0. The predicted molar refractivity (Wildman–Crippen MR) is 125 cm³/mol. The van der Waals surface area contributed by atoms with E-state index in [9.17, 15) is 4.79 Å². The van der Waals surface area contributed by atoms with Crippen LogP contribution in [0, 0.1) is 5.41 Å². The number of hydrogen-bond acceptors (Lipinski definition) is 5. The molecule has 5 aromatic heterocycles. The first-order chi connectivity index (χ1) is 15.4. The quantitative estimate of drug-likeness (QED) is 0.378. The van der Waals surface area contributed by atoms with Gasteiger partial charge in [-0.2, -0.15) is 5.10 Å². The first-order valence-corrected chi connectivity index (χ1v) is 10.4. The third-order valence-electron chi connectivity index (χ3n) is 5.13. The van der Waals surface area contributed by atoms with Gasteiger partial charge >= 0.3 is 0 Å². The molecule has 5 heterocycles. The van der Waals surface area contributed by atoms with E-state index in [1.165, 1.54) is 0 Å². The van der Waals surface area contributed by atoms with Crippen molar-refractivity contribution in [3.8, 4) is 22.6 Å². The van der Waals surface area contributed by atoms with Gasteiger partial charge in [-0.05, 0) is 29.7 Å². The molecule has 8 nitrogen and oxygen atoms in total. The minimum Gasteiger partial charge on any atom is -0.353 e. The number of rotatable bonds is 4. The number of aromatic amines is 2. The Kier molecular flexibility index (Phi) is 4.70. The van der Waals surface area contributed by atoms with Gasteiger partial charge in [-0.25, -0.2) is 0 Å². The summed E-state index contributed by atoms with van der Waals surface area (Å²) in [5.41, 5.74) is 5.67. The van der Waals surface area contributed by atoms with Crippen molar-refractivity contribution in [1.82, 2.24) is 30.1 Å². The number of aromatic nitrogens is 6. The van der Waals surface area contributed by atoms with Crippen LogP contribution in [-0.2, 0) is 4.79 Å². The molecule has 0 saturated heterocycles. The van der Waals surface area contributed by atoms with Crippen LogP contribution in [0.15, 0.2) is 55.2 Å². The largest absolute Gasteiger partial charge is 0.353 e. The second kappa shape index (κ2) is 7.56. The molecule has 0 atom stereocenters. The molecule has 160 valence electrons. The fourth-order valence-corrected chi connectivity index (χ4v) is 3.71. The highest BCUT2D eigenvalue weighted by Crippen LogP contribution is 2.31. The van der Waals surface area contributed by atoms with Gasteiger partial charge in [0.25, 0.3) is 0 Å². The molecule has 1 amide bonds. The summed E-state index contributed by atoms with van der Waals surface area (Å²) in [5.74, 6) is -0.0368. The highest BCUT2D eigenvalue weighted by atomic mass is 16.1. The molecule has 0 radical (unpaired) electrons. The number of carbonyl (C=O) groups is 1. The van der Waals surface area contributed by atoms with Crippen LogP contribution in [-0.4, -0.2) is 36.0 Å². The van der Waals surface area contributed by atoms with E-state index in [-0.39, 0.29) is 11.3 Å². The Morgan fingerprint density at radius 3 is 2.72 bits per heavy atom. The van der Waals surface area contributed by atoms with E-state index in [2.05, 4.69) is 35.5 Å². The highest BCUT2D eigenvalue weighted by Gasteiger charge is 2.17. The average Bonchev–Trinajstić information content (AvgIpc) is 3.35. The van der Waals surface area contributed by atoms with Crippen LogP contribution in [0.5, 0.6) is 0 Å². The van der Waals surface area contributed by atoms with E-state index in [0.717, 1.165) is 44.5 Å². The average molecular weight is 425 g/mol. The Morgan fingerprint density at radius 2 is 1.91 bits per heavy atom. The van der Waals surface area contributed by atoms with Crippen molar-refractivity contribution in [1.29, 1.82) is 0 Å². The summed E-state index contributed by atoms with van der Waals surface area (Å²) in [5, 5.41) is 12.4. The fourth-order valence-electron chi connectivity index (χ4n) is 3.71. The van der Waals surface area contributed by atoms with Crippen LogP contribution in [0.25, 0.3) is 44.5 Å². The van der Waals surface area contributed by atoms with Crippen molar-refractivity contribution in [2.24, 2.45) is 5.41 Å². The van der Waals surface area contributed by atoms with Crippen molar-refractivity contribution in [2.75, 3.05) is 5.32 Å². The molecule has 0 bridgehead atoms. The van der Waals surface area contributed by atoms with Gasteiger partial charge in [0.15, 0.2) is 0 Å². The maximum absolute atomic E-state index is 12.3. The van der Waals surface area contributed by atoms with Gasteiger partial charge in [-0.1, -0.05) is 20.8 Å². The Labute approximate surface area is 184 Å². The molecule has 0 aliphatic heterocycles. The molecule has 3 N–H and O–H groups in total. The van der Waals surface area contributed by atoms with Gasteiger partial charge in [0.2, 0.25) is 5.91 Å². The Hall–Kier alpha value is -4.07. The van der Waals surface area contributed by atoms with E-state index in [0.29, 0.717) is 12.1 Å². The van der Waals surface area contributed by atoms with Crippen molar-refractivity contribution in [3.63, 3.8) is 0 Å². The summed E-state index contributed by atoms with van der Waals surface area (Å²) in [6, 6.07) is 7.84. The van der Waals surface area contributed by atoms with Crippen LogP contribution >= 0.6 is 0 Å². The van der Waals surface area contributed by atoms with Crippen LogP contribution in [0.1, 0.15) is 27.2 Å². The third-order valence-corrected chi connectivity index (χ3v) is 5.13. The number of carbonyl (C=O) groups excluding carboxylic acids is 1. The second-order valence-corrected chi connectivity index (χ2v) is 9.08. The summed E-state index contributed by atoms with van der Waals surface area (Å²) in [6.07, 6.45) is 9.15. The number of pyridine rings is 3. The maximum atomic E-state index is 12.3. The molecule has 8 heteroatoms. The van der Waals surface area contributed by atoms with E-state index < -0.39 is 0 Å². The summed E-state index contributed by atoms with van der Waals surface area (Å²) < 4.78 is 0. The topological polar surface area (TPSA) is 112 Å². The molecule has 5 rings (SSSR count). The number of amides is 1. The van der Waals surface area contributed by atoms with E-state index in [4.69, 9.17) is 0 Å². The van der Waals surface area contributed by atoms with Crippen molar-refractivity contribution in [2.45, 2.75) is 27.2 Å². The van der Waals surface area contributed by atoms with Crippen LogP contribution in [0.2, 0.25) is 0 Å². The van der Waals surface area contributed by atoms with Gasteiger partial charge in [-0.3, -0.25) is 24.8 Å². The zero-order valence-electron chi connectivity index (χ0n) is 18.1. The molecule has 0 saturated carbocycles. The SMILES string of the molecule is CC(C)(C)CC(=O)Nc1cncc(-c2cc3c(-c4cc5cnccc5[nH]4)n[nH]c3cn2)c1. The summed E-state index contributed by atoms with van der Waals surface area (Å²) in [4.78, 5) is 28.7. The van der Waals surface area contributed by atoms with Gasteiger partial charge in [0.05, 0.1) is 35.0 Å². The van der Waals surface area contributed by atoms with Crippen molar-refractivity contribution >= 4 is 33.4 Å². The van der Waals surface area contributed by atoms with Crippen LogP contribution < -0.4 is 5.32 Å². The third kappa shape index (κ3) is 3.94. The molecular formula is C24H23N7O. The summed E-state index contributed by atoms with van der Waals surface area (Å²) in [7, 11) is 0. The Morgan fingerprint density at radius 1 is 1.03 bits per heavy atom. The van der Waals surface area contributed by atoms with Crippen LogP contribution in [0.4, 0.5) is 5.69 Å². The Balaban J connectivity index is 1.49. The highest BCUT2D eigenvalue weighted by molar-refractivity contribution is 5.97. The minimum absolute atomic E-state index is 0.0368. The van der Waals surface area contributed by atoms with Gasteiger partial charge in [-0.15, -0.1) is 0 Å². The number of hydrogen-bond donors (Lipinski definition) is 3.